The molecule has 7 heteroatoms. The van der Waals surface area contributed by atoms with Crippen molar-refractivity contribution < 1.29 is 9.34 Å². The second-order valence-corrected chi connectivity index (χ2v) is 8.06. The number of hydrogen-bond acceptors (Lipinski definition) is 5. The van der Waals surface area contributed by atoms with E-state index in [-0.39, 0.29) is 5.69 Å². The lowest BCUT2D eigenvalue weighted by atomic mass is 9.95. The van der Waals surface area contributed by atoms with Gasteiger partial charge < -0.3 is 4.42 Å². The van der Waals surface area contributed by atoms with E-state index in [0.717, 1.165) is 16.5 Å². The van der Waals surface area contributed by atoms with Crippen LogP contribution in [0.2, 0.25) is 5.02 Å². The van der Waals surface area contributed by atoms with Gasteiger partial charge in [0.25, 0.3) is 5.69 Å². The number of nitrogens with zero attached hydrogens (tertiary/aromatic N) is 2. The molecule has 0 bridgehead atoms. The summed E-state index contributed by atoms with van der Waals surface area (Å²) in [6, 6.07) is 9.91. The molecular formula is C22H23ClN2O4. The van der Waals surface area contributed by atoms with Crippen LogP contribution in [0.5, 0.6) is 0 Å². The molecule has 0 aliphatic heterocycles. The molecule has 1 heterocycles. The fourth-order valence-corrected chi connectivity index (χ4v) is 3.75. The van der Waals surface area contributed by atoms with Crippen molar-refractivity contribution in [3.05, 3.63) is 84.2 Å². The zero-order valence-electron chi connectivity index (χ0n) is 16.9. The Labute approximate surface area is 173 Å². The van der Waals surface area contributed by atoms with Gasteiger partial charge in [-0.25, -0.2) is 4.79 Å². The van der Waals surface area contributed by atoms with Gasteiger partial charge in [0.1, 0.15) is 5.58 Å². The first-order valence-electron chi connectivity index (χ1n) is 9.34. The highest BCUT2D eigenvalue weighted by molar-refractivity contribution is 6.31. The lowest BCUT2D eigenvalue weighted by Crippen LogP contribution is -2.19. The topological polar surface area (TPSA) is 76.6 Å². The Morgan fingerprint density at radius 2 is 1.83 bits per heavy atom. The quantitative estimate of drug-likeness (QED) is 0.306. The second kappa shape index (κ2) is 8.35. The van der Waals surface area contributed by atoms with Crippen LogP contribution in [-0.2, 0) is 13.1 Å². The van der Waals surface area contributed by atoms with Crippen LogP contribution in [0.25, 0.3) is 11.0 Å². The van der Waals surface area contributed by atoms with Gasteiger partial charge >= 0.3 is 5.63 Å². The van der Waals surface area contributed by atoms with Crippen molar-refractivity contribution in [2.75, 3.05) is 7.05 Å². The van der Waals surface area contributed by atoms with Crippen LogP contribution in [0.4, 0.5) is 5.69 Å². The normalized spacial score (nSPS) is 11.6. The monoisotopic (exact) mass is 414 g/mol. The fourth-order valence-electron chi connectivity index (χ4n) is 3.58. The summed E-state index contributed by atoms with van der Waals surface area (Å²) < 4.78 is 5.41. The molecule has 29 heavy (non-hydrogen) atoms. The number of rotatable bonds is 6. The van der Waals surface area contributed by atoms with Gasteiger partial charge in [-0.05, 0) is 60.3 Å². The molecule has 152 valence electrons. The van der Waals surface area contributed by atoms with Gasteiger partial charge in [0.2, 0.25) is 0 Å². The van der Waals surface area contributed by atoms with Gasteiger partial charge in [0.15, 0.2) is 0 Å². The molecule has 3 rings (SSSR count). The molecule has 0 radical (unpaired) electrons. The van der Waals surface area contributed by atoms with Gasteiger partial charge in [-0.2, -0.15) is 0 Å². The number of aryl methyl sites for hydroxylation is 1. The summed E-state index contributed by atoms with van der Waals surface area (Å²) in [4.78, 5) is 24.6. The van der Waals surface area contributed by atoms with Crippen molar-refractivity contribution in [2.45, 2.75) is 39.8 Å². The van der Waals surface area contributed by atoms with Crippen molar-refractivity contribution in [2.24, 2.45) is 0 Å². The smallest absolute Gasteiger partial charge is 0.336 e. The van der Waals surface area contributed by atoms with Gasteiger partial charge in [-0.15, -0.1) is 0 Å². The van der Waals surface area contributed by atoms with Gasteiger partial charge in [0, 0.05) is 41.7 Å². The van der Waals surface area contributed by atoms with Crippen LogP contribution in [-0.4, -0.2) is 16.9 Å². The largest absolute Gasteiger partial charge is 0.423 e. The zero-order chi connectivity index (χ0) is 21.3. The molecular weight excluding hydrogens is 392 g/mol. The maximum atomic E-state index is 12.1. The number of hydrogen-bond donors (Lipinski definition) is 0. The highest BCUT2D eigenvalue weighted by Crippen LogP contribution is 2.28. The van der Waals surface area contributed by atoms with E-state index in [9.17, 15) is 14.9 Å². The Morgan fingerprint density at radius 3 is 2.48 bits per heavy atom. The molecule has 0 aliphatic carbocycles. The third-order valence-electron chi connectivity index (χ3n) is 4.96. The Balaban J connectivity index is 1.95. The molecule has 1 aromatic heterocycles. The molecule has 0 saturated carbocycles. The van der Waals surface area contributed by atoms with E-state index in [4.69, 9.17) is 16.0 Å². The van der Waals surface area contributed by atoms with Crippen LogP contribution < -0.4 is 5.63 Å². The van der Waals surface area contributed by atoms with Crippen LogP contribution >= 0.6 is 11.6 Å². The Hall–Kier alpha value is -2.70. The first-order chi connectivity index (χ1) is 13.7. The summed E-state index contributed by atoms with van der Waals surface area (Å²) in [6.07, 6.45) is 0. The molecule has 0 amide bonds. The maximum absolute atomic E-state index is 12.1. The summed E-state index contributed by atoms with van der Waals surface area (Å²) in [5.74, 6) is 0.348. The third kappa shape index (κ3) is 4.66. The Morgan fingerprint density at radius 1 is 1.14 bits per heavy atom. The number of fused-ring (bicyclic) bond motifs is 1. The first-order valence-corrected chi connectivity index (χ1v) is 9.72. The van der Waals surface area contributed by atoms with Crippen LogP contribution in [0.1, 0.15) is 42.0 Å². The van der Waals surface area contributed by atoms with Crippen molar-refractivity contribution in [1.82, 2.24) is 4.90 Å². The average molecular weight is 415 g/mol. The molecule has 0 saturated heterocycles. The minimum atomic E-state index is -0.439. The van der Waals surface area contributed by atoms with E-state index >= 15 is 0 Å². The third-order valence-corrected chi connectivity index (χ3v) is 5.33. The fraction of sp³-hybridized carbons (Fsp3) is 0.318. The van der Waals surface area contributed by atoms with E-state index in [2.05, 4.69) is 19.9 Å². The Kier molecular flexibility index (Phi) is 6.05. The number of benzene rings is 2. The predicted molar refractivity (Wildman–Crippen MR) is 115 cm³/mol. The Bertz CT molecular complexity index is 1140. The summed E-state index contributed by atoms with van der Waals surface area (Å²) in [6.45, 7) is 7.15. The highest BCUT2D eigenvalue weighted by Gasteiger charge is 2.15. The van der Waals surface area contributed by atoms with Crippen molar-refractivity contribution in [3.8, 4) is 0 Å². The van der Waals surface area contributed by atoms with E-state index in [1.807, 2.05) is 24.9 Å². The molecule has 3 aromatic rings. The lowest BCUT2D eigenvalue weighted by Gasteiger charge is -2.19. The van der Waals surface area contributed by atoms with Gasteiger partial charge in [-0.3, -0.25) is 15.0 Å². The number of nitro groups is 1. The first kappa shape index (κ1) is 21.0. The van der Waals surface area contributed by atoms with Crippen molar-refractivity contribution in [1.29, 1.82) is 0 Å². The van der Waals surface area contributed by atoms with Crippen LogP contribution in [0.15, 0.2) is 45.6 Å². The average Bonchev–Trinajstić information content (AvgIpc) is 2.62. The van der Waals surface area contributed by atoms with E-state index < -0.39 is 10.5 Å². The molecule has 0 spiro atoms. The molecule has 0 fully saturated rings. The number of halogens is 1. The number of non-ortho nitro benzene ring substituents is 1. The van der Waals surface area contributed by atoms with Crippen LogP contribution in [0.3, 0.4) is 0 Å². The van der Waals surface area contributed by atoms with E-state index in [1.165, 1.54) is 29.8 Å². The minimum Gasteiger partial charge on any atom is -0.423 e. The molecule has 2 aromatic carbocycles. The van der Waals surface area contributed by atoms with Crippen molar-refractivity contribution >= 4 is 28.3 Å². The minimum absolute atomic E-state index is 0.000607. The summed E-state index contributed by atoms with van der Waals surface area (Å²) in [7, 11) is 1.88. The highest BCUT2D eigenvalue weighted by atomic mass is 35.5. The summed E-state index contributed by atoms with van der Waals surface area (Å²) >= 11 is 6.23. The number of nitro benzene ring substituents is 1. The standard InChI is InChI=1S/C22H23ClN2O4/c1-13(2)18-10-19-15(9-22(26)29-21(19)7-14(18)3)11-24(4)12-16-8-17(25(27)28)5-6-20(16)23/h5-10,13H,11-12H2,1-4H3. The SMILES string of the molecule is Cc1cc2oc(=O)cc(CN(C)Cc3cc([N+](=O)[O-])ccc3Cl)c2cc1C(C)C. The maximum Gasteiger partial charge on any atom is 0.336 e. The summed E-state index contributed by atoms with van der Waals surface area (Å²) in [5.41, 5.74) is 3.97. The molecule has 6 nitrogen and oxygen atoms in total. The van der Waals surface area contributed by atoms with Gasteiger partial charge in [0.05, 0.1) is 4.92 Å². The van der Waals surface area contributed by atoms with E-state index in [1.54, 1.807) is 0 Å². The summed E-state index contributed by atoms with van der Waals surface area (Å²) in [5, 5.41) is 12.4. The second-order valence-electron chi connectivity index (χ2n) is 7.66. The zero-order valence-corrected chi connectivity index (χ0v) is 17.6. The molecule has 0 atom stereocenters. The molecule has 0 N–H and O–H groups in total. The lowest BCUT2D eigenvalue weighted by molar-refractivity contribution is -0.384. The van der Waals surface area contributed by atoms with Crippen LogP contribution in [0, 0.1) is 17.0 Å². The molecule has 0 aliphatic rings. The van der Waals surface area contributed by atoms with Gasteiger partial charge in [-0.1, -0.05) is 25.4 Å². The van der Waals surface area contributed by atoms with Crippen molar-refractivity contribution in [3.63, 3.8) is 0 Å². The predicted octanol–water partition coefficient (Wildman–Crippen LogP) is 5.42. The molecule has 0 unspecified atom stereocenters. The van der Waals surface area contributed by atoms with E-state index in [0.29, 0.717) is 35.2 Å².